The largest absolute Gasteiger partial charge is 1.00 e. The summed E-state index contributed by atoms with van der Waals surface area (Å²) >= 11 is 9.04. The summed E-state index contributed by atoms with van der Waals surface area (Å²) in [6.07, 6.45) is -2.51. The molecule has 2 heterocycles. The molecule has 1 aliphatic heterocycles. The Morgan fingerprint density at radius 3 is 2.54 bits per heavy atom. The predicted octanol–water partition coefficient (Wildman–Crippen LogP) is -2.81. The normalized spacial score (nSPS) is 39.6. The number of nitrogens with one attached hydrogen (secondary N) is 1. The monoisotopic (exact) mass is 431 g/mol. The number of hydrogen-bond acceptors (Lipinski definition) is 6. The van der Waals surface area contributed by atoms with Crippen molar-refractivity contribution in [3.8, 4) is 0 Å². The molecule has 0 bridgehead atoms. The molecule has 1 fully saturated rings. The van der Waals surface area contributed by atoms with E-state index in [4.69, 9.17) is 16.3 Å². The van der Waals surface area contributed by atoms with Crippen molar-refractivity contribution in [1.29, 1.82) is 0 Å². The fourth-order valence-electron chi connectivity index (χ4n) is 2.89. The van der Waals surface area contributed by atoms with Gasteiger partial charge in [-0.25, -0.2) is 0 Å². The summed E-state index contributed by atoms with van der Waals surface area (Å²) < 4.78 is 2.87. The number of H-pyrrole nitrogens is 1. The van der Waals surface area contributed by atoms with Crippen LogP contribution in [0.3, 0.4) is 0 Å². The topological polar surface area (TPSA) is 126 Å². The van der Waals surface area contributed by atoms with Crippen LogP contribution < -0.4 is 29.6 Å². The van der Waals surface area contributed by atoms with Crippen LogP contribution in [0.15, 0.2) is 30.5 Å². The molecule has 128 valence electrons. The summed E-state index contributed by atoms with van der Waals surface area (Å²) in [7, 11) is 0. The minimum absolute atomic E-state index is 0. The summed E-state index contributed by atoms with van der Waals surface area (Å²) in [5.74, 6) is 0. The Morgan fingerprint density at radius 1 is 1.29 bits per heavy atom. The van der Waals surface area contributed by atoms with Crippen LogP contribution in [-0.2, 0) is 10.3 Å². The van der Waals surface area contributed by atoms with Crippen molar-refractivity contribution in [2.75, 3.05) is 6.61 Å². The number of alkyl halides is 2. The summed E-state index contributed by atoms with van der Waals surface area (Å²) in [6, 6.07) is 6.84. The van der Waals surface area contributed by atoms with Crippen molar-refractivity contribution < 1.29 is 61.3 Å². The van der Waals surface area contributed by atoms with E-state index in [2.05, 4.69) is 20.9 Å². The molecule has 1 aliphatic rings. The quantitative estimate of drug-likeness (QED) is 0.225. The Hall–Kier alpha value is 0.290. The van der Waals surface area contributed by atoms with Crippen LogP contribution in [0.2, 0.25) is 0 Å². The van der Waals surface area contributed by atoms with Gasteiger partial charge in [-0.3, -0.25) is 0 Å². The van der Waals surface area contributed by atoms with Gasteiger partial charge in [-0.2, -0.15) is 0 Å². The first-order valence-corrected chi connectivity index (χ1v) is 7.90. The van der Waals surface area contributed by atoms with Crippen LogP contribution >= 0.6 is 27.5 Å². The van der Waals surface area contributed by atoms with Crippen molar-refractivity contribution in [2.24, 2.45) is 0 Å². The molecule has 10 heteroatoms. The molecule has 3 rings (SSSR count). The summed E-state index contributed by atoms with van der Waals surface area (Å²) in [5, 5.41) is 49.4. The van der Waals surface area contributed by atoms with Gasteiger partial charge < -0.3 is 36.7 Å². The molecule has 7 nitrogen and oxygen atoms in total. The van der Waals surface area contributed by atoms with Gasteiger partial charge in [0.25, 0.3) is 0 Å². The molecule has 2 aromatic rings. The fraction of sp³-hybridized carbons (Fsp3) is 0.429. The number of para-hydroxylation sites is 1. The summed E-state index contributed by atoms with van der Waals surface area (Å²) in [4.78, 5) is 2.89. The van der Waals surface area contributed by atoms with Gasteiger partial charge in [0.2, 0.25) is 5.06 Å². The molecule has 0 amide bonds. The Bertz CT molecular complexity index is 751. The second kappa shape index (κ2) is 6.79. The van der Waals surface area contributed by atoms with Gasteiger partial charge in [0.05, 0.1) is 6.61 Å². The Kier molecular flexibility index (Phi) is 5.83. The third kappa shape index (κ3) is 2.60. The third-order valence-corrected chi connectivity index (χ3v) is 6.04. The second-order valence-electron chi connectivity index (χ2n) is 5.48. The number of aromatic nitrogens is 1. The number of aliphatic hydroxyl groups is 5. The first kappa shape index (κ1) is 20.6. The zero-order valence-corrected chi connectivity index (χ0v) is 17.0. The molecule has 1 aromatic carbocycles. The number of fused-ring (bicyclic) bond motifs is 1. The van der Waals surface area contributed by atoms with Crippen molar-refractivity contribution in [3.05, 3.63) is 36.0 Å². The first-order chi connectivity index (χ1) is 10.7. The number of ether oxygens (including phenoxy) is 1. The van der Waals surface area contributed by atoms with Crippen LogP contribution in [0.25, 0.3) is 10.9 Å². The maximum absolute atomic E-state index is 11.1. The molecule has 6 N–H and O–H groups in total. The van der Waals surface area contributed by atoms with Crippen LogP contribution in [-0.4, -0.2) is 59.1 Å². The SMILES string of the molecule is OC[C@@]1(Br)O[C@@H](O)[C@H](O)[C@](O)(c2c[nH]c3ccccc23)[C@@]1(O)Cl.[H-].[Na+]. The van der Waals surface area contributed by atoms with Crippen molar-refractivity contribution >= 4 is 38.4 Å². The zero-order valence-electron chi connectivity index (χ0n) is 13.6. The number of benzene rings is 1. The second-order valence-corrected chi connectivity index (χ2v) is 7.30. The molecule has 24 heavy (non-hydrogen) atoms. The molecule has 0 saturated carbocycles. The van der Waals surface area contributed by atoms with E-state index in [0.717, 1.165) is 0 Å². The summed E-state index contributed by atoms with van der Waals surface area (Å²) in [5.41, 5.74) is -1.86. The zero-order chi connectivity index (χ0) is 17.0. The molecule has 1 saturated heterocycles. The Labute approximate surface area is 174 Å². The maximum atomic E-state index is 11.1. The van der Waals surface area contributed by atoms with E-state index in [0.29, 0.717) is 10.9 Å². The number of rotatable bonds is 2. The smallest absolute Gasteiger partial charge is 1.00 e. The molecule has 0 aliphatic carbocycles. The van der Waals surface area contributed by atoms with Gasteiger partial charge in [-0.15, -0.1) is 0 Å². The maximum Gasteiger partial charge on any atom is 1.00 e. The standard InChI is InChI=1S/C14H15BrClNO6.Na.H/c15-12(6-18)14(16,22)13(21,10(19)11(20)23-12)8-5-17-9-4-2-1-3-7(8)9;;/h1-5,10-11,17-22H,6H2;;/q;+1;-1/t10-,11+,12+,13+,14+;;/m0../s1. The first-order valence-electron chi connectivity index (χ1n) is 6.73. The molecule has 1 aromatic heterocycles. The number of halogens is 2. The molecule has 0 unspecified atom stereocenters. The van der Waals surface area contributed by atoms with Crippen LogP contribution in [0.1, 0.15) is 6.99 Å². The van der Waals surface area contributed by atoms with E-state index >= 15 is 0 Å². The molecular formula is C14H16BrClNNaO6. The van der Waals surface area contributed by atoms with Crippen molar-refractivity contribution in [3.63, 3.8) is 0 Å². The van der Waals surface area contributed by atoms with Crippen molar-refractivity contribution in [1.82, 2.24) is 4.98 Å². The molecule has 0 spiro atoms. The van der Waals surface area contributed by atoms with Crippen LogP contribution in [0, 0.1) is 0 Å². The van der Waals surface area contributed by atoms with E-state index in [1.54, 1.807) is 24.3 Å². The van der Waals surface area contributed by atoms with Gasteiger partial charge >= 0.3 is 29.6 Å². The summed E-state index contributed by atoms with van der Waals surface area (Å²) in [6.45, 7) is -0.874. The van der Waals surface area contributed by atoms with Crippen LogP contribution in [0.4, 0.5) is 0 Å². The van der Waals surface area contributed by atoms with Crippen molar-refractivity contribution in [2.45, 2.75) is 27.6 Å². The van der Waals surface area contributed by atoms with E-state index in [-0.39, 0.29) is 36.5 Å². The van der Waals surface area contributed by atoms with Gasteiger partial charge in [-0.1, -0.05) is 29.8 Å². The number of hydrogen-bond donors (Lipinski definition) is 6. The number of aromatic amines is 1. The minimum atomic E-state index is -2.70. The molecule has 5 atom stereocenters. The van der Waals surface area contributed by atoms with Gasteiger partial charge in [-0.05, 0) is 22.0 Å². The van der Waals surface area contributed by atoms with Crippen LogP contribution in [0.5, 0.6) is 0 Å². The van der Waals surface area contributed by atoms with Gasteiger partial charge in [0.1, 0.15) is 6.10 Å². The third-order valence-electron chi connectivity index (χ3n) is 4.21. The van der Waals surface area contributed by atoms with Gasteiger partial charge in [0, 0.05) is 22.7 Å². The number of aliphatic hydroxyl groups excluding tert-OH is 3. The van der Waals surface area contributed by atoms with E-state index in [1.165, 1.54) is 6.20 Å². The predicted molar refractivity (Wildman–Crippen MR) is 86.0 cm³/mol. The fourth-order valence-corrected chi connectivity index (χ4v) is 3.70. The Morgan fingerprint density at radius 2 is 1.92 bits per heavy atom. The van der Waals surface area contributed by atoms with E-state index in [1.807, 2.05) is 0 Å². The minimum Gasteiger partial charge on any atom is -1.00 e. The van der Waals surface area contributed by atoms with E-state index in [9.17, 15) is 25.5 Å². The average Bonchev–Trinajstić information content (AvgIpc) is 2.96. The van der Waals surface area contributed by atoms with E-state index < -0.39 is 34.2 Å². The molecular weight excluding hydrogens is 417 g/mol. The van der Waals surface area contributed by atoms with Gasteiger partial charge in [0.15, 0.2) is 16.4 Å². The molecule has 0 radical (unpaired) electrons. The average molecular weight is 433 g/mol. The Balaban J connectivity index is 0.00000156.